The Morgan fingerprint density at radius 3 is 2.50 bits per heavy atom. The summed E-state index contributed by atoms with van der Waals surface area (Å²) >= 11 is 0. The van der Waals surface area contributed by atoms with Crippen molar-refractivity contribution in [2.24, 2.45) is 0 Å². The van der Waals surface area contributed by atoms with Crippen LogP contribution in [0.1, 0.15) is 12.8 Å². The van der Waals surface area contributed by atoms with Gasteiger partial charge in [-0.2, -0.15) is 13.2 Å². The van der Waals surface area contributed by atoms with Crippen LogP contribution in [0, 0.1) is 0 Å². The number of alkyl halides is 3. The largest absolute Gasteiger partial charge is 0.405 e. The molecule has 1 fully saturated rings. The van der Waals surface area contributed by atoms with Crippen molar-refractivity contribution in [3.05, 3.63) is 0 Å². The molecule has 7 heteroatoms. The topological polar surface area (TPSA) is 44.4 Å². The first-order chi connectivity index (χ1) is 7.38. The molecule has 16 heavy (non-hydrogen) atoms. The Labute approximate surface area is 92.2 Å². The van der Waals surface area contributed by atoms with Crippen LogP contribution in [0.5, 0.6) is 0 Å². The molecule has 4 nitrogen and oxygen atoms in total. The highest BCUT2D eigenvalue weighted by Gasteiger charge is 2.28. The van der Waals surface area contributed by atoms with Crippen LogP contribution >= 0.6 is 0 Å². The van der Waals surface area contributed by atoms with E-state index in [9.17, 15) is 18.0 Å². The van der Waals surface area contributed by atoms with Crippen LogP contribution in [-0.2, 0) is 0 Å². The molecule has 1 saturated carbocycles. The number of amides is 2. The third kappa shape index (κ3) is 5.79. The number of nitrogens with zero attached hydrogens (tertiary/aromatic N) is 1. The Balaban J connectivity index is 2.01. The SMILES string of the molecule is CN(CCNC(=O)NCC(F)(F)F)C1CC1. The summed E-state index contributed by atoms with van der Waals surface area (Å²) in [6, 6.07) is -0.193. The molecule has 0 aromatic carbocycles. The summed E-state index contributed by atoms with van der Waals surface area (Å²) in [5.74, 6) is 0. The smallest absolute Gasteiger partial charge is 0.337 e. The number of likely N-dealkylation sites (N-methyl/N-ethyl adjacent to an activating group) is 1. The molecule has 0 heterocycles. The number of hydrogen-bond acceptors (Lipinski definition) is 2. The predicted octanol–water partition coefficient (Wildman–Crippen LogP) is 0.942. The summed E-state index contributed by atoms with van der Waals surface area (Å²) in [6.45, 7) is -0.280. The van der Waals surface area contributed by atoms with Crippen LogP contribution in [0.3, 0.4) is 0 Å². The quantitative estimate of drug-likeness (QED) is 0.750. The molecule has 1 aliphatic carbocycles. The molecule has 0 aliphatic heterocycles. The van der Waals surface area contributed by atoms with Crippen molar-refractivity contribution in [3.63, 3.8) is 0 Å². The molecule has 0 bridgehead atoms. The lowest BCUT2D eigenvalue weighted by Gasteiger charge is -2.16. The van der Waals surface area contributed by atoms with E-state index in [0.717, 1.165) is 12.8 Å². The van der Waals surface area contributed by atoms with Crippen molar-refractivity contribution in [1.82, 2.24) is 15.5 Å². The highest BCUT2D eigenvalue weighted by Crippen LogP contribution is 2.24. The summed E-state index contributed by atoms with van der Waals surface area (Å²) < 4.78 is 35.2. The van der Waals surface area contributed by atoms with Gasteiger partial charge in [0.15, 0.2) is 0 Å². The molecule has 2 N–H and O–H groups in total. The van der Waals surface area contributed by atoms with Gasteiger partial charge in [-0.3, -0.25) is 0 Å². The van der Waals surface area contributed by atoms with E-state index < -0.39 is 18.8 Å². The Kier molecular flexibility index (Phi) is 4.40. The summed E-state index contributed by atoms with van der Waals surface area (Å²) in [5.41, 5.74) is 0. The molecule has 0 unspecified atom stereocenters. The minimum absolute atomic E-state index is 0.358. The van der Waals surface area contributed by atoms with Crippen molar-refractivity contribution >= 4 is 6.03 Å². The van der Waals surface area contributed by atoms with Crippen molar-refractivity contribution in [3.8, 4) is 0 Å². The number of rotatable bonds is 5. The zero-order valence-electron chi connectivity index (χ0n) is 9.10. The van der Waals surface area contributed by atoms with Crippen LogP contribution in [-0.4, -0.2) is 49.8 Å². The highest BCUT2D eigenvalue weighted by molar-refractivity contribution is 5.73. The van der Waals surface area contributed by atoms with Crippen LogP contribution in [0.25, 0.3) is 0 Å². The Morgan fingerprint density at radius 1 is 1.38 bits per heavy atom. The van der Waals surface area contributed by atoms with Crippen LogP contribution in [0.4, 0.5) is 18.0 Å². The average Bonchev–Trinajstić information content (AvgIpc) is 2.96. The molecule has 0 spiro atoms. The number of carbonyl (C=O) groups excluding carboxylic acids is 1. The van der Waals surface area contributed by atoms with Gasteiger partial charge in [0.1, 0.15) is 6.54 Å². The lowest BCUT2D eigenvalue weighted by atomic mass is 10.5. The van der Waals surface area contributed by atoms with Crippen LogP contribution in [0.15, 0.2) is 0 Å². The normalized spacial score (nSPS) is 16.3. The van der Waals surface area contributed by atoms with Gasteiger partial charge in [0, 0.05) is 19.1 Å². The number of hydrogen-bond donors (Lipinski definition) is 2. The molecular formula is C9H16F3N3O. The van der Waals surface area contributed by atoms with Crippen LogP contribution in [0.2, 0.25) is 0 Å². The molecule has 0 aromatic rings. The first kappa shape index (κ1) is 13.1. The van der Waals surface area contributed by atoms with Gasteiger partial charge in [-0.1, -0.05) is 0 Å². The van der Waals surface area contributed by atoms with E-state index in [2.05, 4.69) is 10.2 Å². The van der Waals surface area contributed by atoms with Gasteiger partial charge in [0.25, 0.3) is 0 Å². The third-order valence-corrected chi connectivity index (χ3v) is 2.37. The van der Waals surface area contributed by atoms with Crippen molar-refractivity contribution in [2.75, 3.05) is 26.7 Å². The minimum Gasteiger partial charge on any atom is -0.337 e. The first-order valence-electron chi connectivity index (χ1n) is 5.17. The summed E-state index contributed by atoms with van der Waals surface area (Å²) in [5, 5.41) is 4.12. The lowest BCUT2D eigenvalue weighted by molar-refractivity contribution is -0.122. The Hall–Kier alpha value is -0.980. The maximum Gasteiger partial charge on any atom is 0.405 e. The van der Waals surface area contributed by atoms with Gasteiger partial charge in [0.2, 0.25) is 0 Å². The summed E-state index contributed by atoms with van der Waals surface area (Å²) in [4.78, 5) is 13.0. The Bertz CT molecular complexity index is 241. The first-order valence-corrected chi connectivity index (χ1v) is 5.17. The molecule has 0 aromatic heterocycles. The Morgan fingerprint density at radius 2 is 2.00 bits per heavy atom. The zero-order chi connectivity index (χ0) is 12.2. The molecule has 94 valence electrons. The van der Waals surface area contributed by atoms with E-state index in [4.69, 9.17) is 0 Å². The van der Waals surface area contributed by atoms with E-state index in [-0.39, 0.29) is 0 Å². The molecular weight excluding hydrogens is 223 g/mol. The van der Waals surface area contributed by atoms with E-state index >= 15 is 0 Å². The second kappa shape index (κ2) is 5.38. The van der Waals surface area contributed by atoms with Gasteiger partial charge in [-0.25, -0.2) is 4.79 Å². The molecule has 2 amide bonds. The van der Waals surface area contributed by atoms with Crippen molar-refractivity contribution < 1.29 is 18.0 Å². The van der Waals surface area contributed by atoms with Gasteiger partial charge >= 0.3 is 12.2 Å². The molecule has 0 atom stereocenters. The van der Waals surface area contributed by atoms with E-state index in [1.165, 1.54) is 0 Å². The fourth-order valence-corrected chi connectivity index (χ4v) is 1.29. The fourth-order valence-electron chi connectivity index (χ4n) is 1.29. The molecule has 0 radical (unpaired) electrons. The fraction of sp³-hybridized carbons (Fsp3) is 0.889. The second-order valence-corrected chi connectivity index (χ2v) is 3.94. The van der Waals surface area contributed by atoms with Gasteiger partial charge in [0.05, 0.1) is 0 Å². The highest BCUT2D eigenvalue weighted by atomic mass is 19.4. The minimum atomic E-state index is -4.36. The van der Waals surface area contributed by atoms with Crippen molar-refractivity contribution in [1.29, 1.82) is 0 Å². The molecule has 1 aliphatic rings. The van der Waals surface area contributed by atoms with E-state index in [1.54, 1.807) is 5.32 Å². The van der Waals surface area contributed by atoms with Gasteiger partial charge in [-0.15, -0.1) is 0 Å². The zero-order valence-corrected chi connectivity index (χ0v) is 9.10. The third-order valence-electron chi connectivity index (χ3n) is 2.37. The molecule has 1 rings (SSSR count). The number of urea groups is 1. The van der Waals surface area contributed by atoms with Crippen molar-refractivity contribution in [2.45, 2.75) is 25.1 Å². The maximum absolute atomic E-state index is 11.7. The van der Waals surface area contributed by atoms with E-state index in [1.807, 2.05) is 7.05 Å². The van der Waals surface area contributed by atoms with Crippen LogP contribution < -0.4 is 10.6 Å². The predicted molar refractivity (Wildman–Crippen MR) is 53.1 cm³/mol. The lowest BCUT2D eigenvalue weighted by Crippen LogP contribution is -2.43. The summed E-state index contributed by atoms with van der Waals surface area (Å²) in [7, 11) is 1.94. The number of carbonyl (C=O) groups is 1. The standard InChI is InChI=1S/C9H16F3N3O/c1-15(7-2-3-7)5-4-13-8(16)14-6-9(10,11)12/h7H,2-6H2,1H3,(H2,13,14,16). The number of nitrogens with one attached hydrogen (secondary N) is 2. The average molecular weight is 239 g/mol. The van der Waals surface area contributed by atoms with Gasteiger partial charge < -0.3 is 15.5 Å². The maximum atomic E-state index is 11.7. The second-order valence-electron chi connectivity index (χ2n) is 3.94. The summed E-state index contributed by atoms with van der Waals surface area (Å²) in [6.07, 6.45) is -2.03. The van der Waals surface area contributed by atoms with Gasteiger partial charge in [-0.05, 0) is 19.9 Å². The van der Waals surface area contributed by atoms with E-state index in [0.29, 0.717) is 19.1 Å². The molecule has 0 saturated heterocycles. The number of halogens is 3. The monoisotopic (exact) mass is 239 g/mol.